The molecule has 0 fully saturated rings. The van der Waals surface area contributed by atoms with Crippen molar-refractivity contribution < 1.29 is 15.0 Å². The molecule has 0 bridgehead atoms. The standard InChI is InChI=1S/C69H121NO3/c1-3-5-7-9-11-13-15-17-19-21-23-25-27-29-31-33-34-35-37-38-40-42-44-46-48-50-52-54-56-58-60-62-64-68(72)67(66-71)70-69(73)65-63-61-59-57-55-53-51-49-47-45-43-41-39-36-32-30-28-26-24-22-20-18-16-14-12-10-8-6-4-2/h6,8,12,14,18,20,24,26,30,32,39,41,45,47,51,53,57,59,67-68,71-72H,3-5,7,9-11,13,15-17,19,21-23,25,27-29,31,33-38,40,42-44,46,48-50,52,54-56,58,60-66H2,1-2H3,(H,70,73)/b8-6-,14-12-,20-18-,26-24-,32-30-,41-39-,47-45-,53-51-,59-57-. The largest absolute Gasteiger partial charge is 0.394 e. The highest BCUT2D eigenvalue weighted by molar-refractivity contribution is 5.76. The van der Waals surface area contributed by atoms with Crippen LogP contribution in [0.25, 0.3) is 0 Å². The lowest BCUT2D eigenvalue weighted by Gasteiger charge is -2.22. The molecule has 0 aromatic heterocycles. The topological polar surface area (TPSA) is 69.6 Å². The Labute approximate surface area is 455 Å². The van der Waals surface area contributed by atoms with Crippen molar-refractivity contribution in [3.05, 3.63) is 109 Å². The molecule has 4 heteroatoms. The van der Waals surface area contributed by atoms with Gasteiger partial charge in [-0.2, -0.15) is 0 Å². The monoisotopic (exact) mass is 1010 g/mol. The van der Waals surface area contributed by atoms with Gasteiger partial charge in [-0.3, -0.25) is 4.79 Å². The summed E-state index contributed by atoms with van der Waals surface area (Å²) in [6.45, 7) is 4.24. The summed E-state index contributed by atoms with van der Waals surface area (Å²) in [7, 11) is 0. The highest BCUT2D eigenvalue weighted by Crippen LogP contribution is 2.18. The lowest BCUT2D eigenvalue weighted by molar-refractivity contribution is -0.123. The summed E-state index contributed by atoms with van der Waals surface area (Å²) in [6, 6.07) is -0.578. The number of rotatable bonds is 57. The second-order valence-electron chi connectivity index (χ2n) is 21.1. The Morgan fingerprint density at radius 3 is 0.849 bits per heavy atom. The summed E-state index contributed by atoms with van der Waals surface area (Å²) in [5, 5.41) is 23.4. The second kappa shape index (κ2) is 63.3. The van der Waals surface area contributed by atoms with Gasteiger partial charge in [-0.05, 0) is 77.0 Å². The van der Waals surface area contributed by atoms with Crippen LogP contribution in [0.2, 0.25) is 0 Å². The van der Waals surface area contributed by atoms with Crippen molar-refractivity contribution in [1.82, 2.24) is 5.32 Å². The van der Waals surface area contributed by atoms with Crippen molar-refractivity contribution >= 4 is 5.91 Å². The molecule has 0 spiro atoms. The molecule has 3 N–H and O–H groups in total. The molecule has 2 atom stereocenters. The van der Waals surface area contributed by atoms with Crippen LogP contribution in [0.4, 0.5) is 0 Å². The van der Waals surface area contributed by atoms with Crippen LogP contribution in [0.1, 0.15) is 303 Å². The Bertz CT molecular complexity index is 1380. The van der Waals surface area contributed by atoms with E-state index in [0.29, 0.717) is 12.8 Å². The van der Waals surface area contributed by atoms with Crippen molar-refractivity contribution in [3.8, 4) is 0 Å². The first-order valence-electron chi connectivity index (χ1n) is 31.6. The molecule has 73 heavy (non-hydrogen) atoms. The number of carbonyl (C=O) groups is 1. The van der Waals surface area contributed by atoms with E-state index < -0.39 is 12.1 Å². The van der Waals surface area contributed by atoms with Crippen LogP contribution in [-0.4, -0.2) is 34.9 Å². The van der Waals surface area contributed by atoms with Gasteiger partial charge in [0, 0.05) is 6.42 Å². The molecule has 0 heterocycles. The van der Waals surface area contributed by atoms with Gasteiger partial charge in [0.1, 0.15) is 0 Å². The third-order valence-electron chi connectivity index (χ3n) is 14.0. The normalized spacial score (nSPS) is 13.5. The molecule has 0 aliphatic carbocycles. The molecule has 0 aromatic rings. The SMILES string of the molecule is CC/C=C\C/C=C\C/C=C\C/C=C\C/C=C\C/C=C\C/C=C\C/C=C\C/C=C\CCCC(=O)NC(CO)C(O)CCCCCCCCCCCCCCCCCCCCCCCCCCCCCCCCCC. The Morgan fingerprint density at radius 1 is 0.342 bits per heavy atom. The minimum Gasteiger partial charge on any atom is -0.394 e. The molecule has 0 radical (unpaired) electrons. The molecule has 0 saturated heterocycles. The number of unbranched alkanes of at least 4 members (excludes halogenated alkanes) is 32. The maximum atomic E-state index is 12.5. The summed E-state index contributed by atoms with van der Waals surface area (Å²) in [5.41, 5.74) is 0. The van der Waals surface area contributed by atoms with Crippen LogP contribution in [0, 0.1) is 0 Å². The van der Waals surface area contributed by atoms with E-state index in [4.69, 9.17) is 0 Å². The molecule has 0 aliphatic rings. The van der Waals surface area contributed by atoms with Gasteiger partial charge < -0.3 is 15.5 Å². The van der Waals surface area contributed by atoms with E-state index in [-0.39, 0.29) is 12.5 Å². The Kier molecular flexibility index (Phi) is 60.8. The summed E-state index contributed by atoms with van der Waals surface area (Å²) in [4.78, 5) is 12.5. The third-order valence-corrected chi connectivity index (χ3v) is 14.0. The first-order chi connectivity index (χ1) is 36.2. The number of aliphatic hydroxyl groups is 2. The van der Waals surface area contributed by atoms with Gasteiger partial charge in [0.25, 0.3) is 0 Å². The van der Waals surface area contributed by atoms with Crippen molar-refractivity contribution in [2.45, 2.75) is 315 Å². The second-order valence-corrected chi connectivity index (χ2v) is 21.1. The van der Waals surface area contributed by atoms with Crippen molar-refractivity contribution in [1.29, 1.82) is 0 Å². The van der Waals surface area contributed by atoms with Crippen LogP contribution in [-0.2, 0) is 4.79 Å². The first kappa shape index (κ1) is 70.1. The number of carbonyl (C=O) groups excluding carboxylic acids is 1. The predicted molar refractivity (Wildman–Crippen MR) is 326 cm³/mol. The minimum atomic E-state index is -0.694. The van der Waals surface area contributed by atoms with E-state index in [1.165, 1.54) is 193 Å². The molecular formula is C69H121NO3. The fourth-order valence-electron chi connectivity index (χ4n) is 9.31. The molecule has 2 unspecified atom stereocenters. The third kappa shape index (κ3) is 59.8. The fourth-order valence-corrected chi connectivity index (χ4v) is 9.31. The zero-order valence-electron chi connectivity index (χ0n) is 48.4. The minimum absolute atomic E-state index is 0.0896. The van der Waals surface area contributed by atoms with Gasteiger partial charge in [0.2, 0.25) is 5.91 Å². The van der Waals surface area contributed by atoms with Crippen LogP contribution >= 0.6 is 0 Å². The van der Waals surface area contributed by atoms with Gasteiger partial charge in [-0.15, -0.1) is 0 Å². The number of amides is 1. The van der Waals surface area contributed by atoms with E-state index in [0.717, 1.165) is 83.5 Å². The number of aliphatic hydroxyl groups excluding tert-OH is 2. The van der Waals surface area contributed by atoms with Gasteiger partial charge in [-0.1, -0.05) is 329 Å². The van der Waals surface area contributed by atoms with Gasteiger partial charge in [0.15, 0.2) is 0 Å². The van der Waals surface area contributed by atoms with Crippen LogP contribution in [0.5, 0.6) is 0 Å². The van der Waals surface area contributed by atoms with Crippen molar-refractivity contribution in [2.75, 3.05) is 6.61 Å². The summed E-state index contributed by atoms with van der Waals surface area (Å²) in [6.07, 6.45) is 95.4. The van der Waals surface area contributed by atoms with Crippen molar-refractivity contribution in [2.24, 2.45) is 0 Å². The molecule has 4 nitrogen and oxygen atoms in total. The summed E-state index contributed by atoms with van der Waals surface area (Å²) >= 11 is 0. The number of allylic oxidation sites excluding steroid dienone is 18. The van der Waals surface area contributed by atoms with Gasteiger partial charge in [0.05, 0.1) is 18.8 Å². The highest BCUT2D eigenvalue weighted by Gasteiger charge is 2.20. The predicted octanol–water partition coefficient (Wildman–Crippen LogP) is 21.4. The zero-order valence-corrected chi connectivity index (χ0v) is 48.4. The molecule has 0 aromatic carbocycles. The van der Waals surface area contributed by atoms with Crippen LogP contribution in [0.3, 0.4) is 0 Å². The Hall–Kier alpha value is -2.95. The smallest absolute Gasteiger partial charge is 0.220 e. The quantitative estimate of drug-likeness (QED) is 0.0420. The molecule has 1 amide bonds. The summed E-state index contributed by atoms with van der Waals surface area (Å²) < 4.78 is 0. The number of hydrogen-bond acceptors (Lipinski definition) is 3. The Morgan fingerprint density at radius 2 is 0.589 bits per heavy atom. The van der Waals surface area contributed by atoms with Gasteiger partial charge in [-0.25, -0.2) is 0 Å². The summed E-state index contributed by atoms with van der Waals surface area (Å²) in [5.74, 6) is -0.0896. The van der Waals surface area contributed by atoms with E-state index in [9.17, 15) is 15.0 Å². The zero-order chi connectivity index (χ0) is 52.7. The molecule has 420 valence electrons. The van der Waals surface area contributed by atoms with Crippen LogP contribution in [0.15, 0.2) is 109 Å². The maximum Gasteiger partial charge on any atom is 0.220 e. The van der Waals surface area contributed by atoms with Crippen molar-refractivity contribution in [3.63, 3.8) is 0 Å². The van der Waals surface area contributed by atoms with E-state index in [1.54, 1.807) is 0 Å². The van der Waals surface area contributed by atoms with Crippen LogP contribution < -0.4 is 5.32 Å². The number of hydrogen-bond donors (Lipinski definition) is 3. The van der Waals surface area contributed by atoms with E-state index >= 15 is 0 Å². The molecule has 0 aliphatic heterocycles. The van der Waals surface area contributed by atoms with E-state index in [1.807, 2.05) is 0 Å². The molecule has 0 rings (SSSR count). The lowest BCUT2D eigenvalue weighted by Crippen LogP contribution is -2.45. The van der Waals surface area contributed by atoms with E-state index in [2.05, 4.69) is 129 Å². The average Bonchev–Trinajstić information content (AvgIpc) is 3.40. The fraction of sp³-hybridized carbons (Fsp3) is 0.725. The average molecular weight is 1010 g/mol. The maximum absolute atomic E-state index is 12.5. The lowest BCUT2D eigenvalue weighted by atomic mass is 10.0. The molecular weight excluding hydrogens is 891 g/mol. The Balaban J connectivity index is 3.57. The first-order valence-corrected chi connectivity index (χ1v) is 31.6. The molecule has 0 saturated carbocycles. The van der Waals surface area contributed by atoms with Gasteiger partial charge >= 0.3 is 0 Å². The number of nitrogens with one attached hydrogen (secondary N) is 1. The highest BCUT2D eigenvalue weighted by atomic mass is 16.3.